The van der Waals surface area contributed by atoms with Gasteiger partial charge in [-0.3, -0.25) is 4.99 Å². The Bertz CT molecular complexity index is 1040. The fraction of sp³-hybridized carbons (Fsp3) is 0.261. The van der Waals surface area contributed by atoms with Gasteiger partial charge in [-0.1, -0.05) is 75.0 Å². The summed E-state index contributed by atoms with van der Waals surface area (Å²) < 4.78 is 0.976. The number of amidine groups is 1. The third kappa shape index (κ3) is 5.30. The molecule has 0 aliphatic carbocycles. The fourth-order valence-corrected chi connectivity index (χ4v) is 3.41. The highest BCUT2D eigenvalue weighted by Gasteiger charge is 2.24. The van der Waals surface area contributed by atoms with Crippen LogP contribution < -0.4 is 5.32 Å². The van der Waals surface area contributed by atoms with Gasteiger partial charge < -0.3 is 10.4 Å². The van der Waals surface area contributed by atoms with Gasteiger partial charge in [0.1, 0.15) is 0 Å². The number of anilines is 1. The second-order valence-corrected chi connectivity index (χ2v) is 8.68. The first-order chi connectivity index (χ1) is 14.3. The van der Waals surface area contributed by atoms with Crippen molar-refractivity contribution in [3.63, 3.8) is 0 Å². The fourth-order valence-electron chi connectivity index (χ4n) is 3.00. The molecule has 2 aromatic carbocycles. The zero-order valence-electron chi connectivity index (χ0n) is 17.6. The van der Waals surface area contributed by atoms with Crippen molar-refractivity contribution in [2.45, 2.75) is 32.7 Å². The molecule has 0 saturated heterocycles. The van der Waals surface area contributed by atoms with Crippen molar-refractivity contribution in [3.05, 3.63) is 72.1 Å². The minimum absolute atomic E-state index is 0.275. The van der Waals surface area contributed by atoms with Crippen molar-refractivity contribution in [2.24, 2.45) is 4.99 Å². The zero-order valence-corrected chi connectivity index (χ0v) is 18.4. The highest BCUT2D eigenvalue weighted by Crippen LogP contribution is 2.32. The van der Waals surface area contributed by atoms with Gasteiger partial charge in [0, 0.05) is 22.9 Å². The average molecular weight is 423 g/mol. The molecular weight excluding hydrogens is 396 g/mol. The molecule has 156 valence electrons. The number of carboxylic acid groups (broad SMARTS) is 1. The Morgan fingerprint density at radius 1 is 1.13 bits per heavy atom. The van der Waals surface area contributed by atoms with Gasteiger partial charge in [-0.2, -0.15) is 9.78 Å². The van der Waals surface area contributed by atoms with Crippen molar-refractivity contribution >= 4 is 28.7 Å². The highest BCUT2D eigenvalue weighted by molar-refractivity contribution is 8.13. The molecule has 0 radical (unpaired) electrons. The number of aliphatic imine (C=N–C) groups is 1. The number of benzene rings is 2. The van der Waals surface area contributed by atoms with Crippen molar-refractivity contribution < 1.29 is 9.90 Å². The van der Waals surface area contributed by atoms with Crippen LogP contribution in [0.15, 0.2) is 65.8 Å². The van der Waals surface area contributed by atoms with Crippen molar-refractivity contribution in [1.82, 2.24) is 9.78 Å². The Balaban J connectivity index is 1.80. The van der Waals surface area contributed by atoms with Gasteiger partial charge >= 0.3 is 6.09 Å². The number of thioether (sulfide) groups is 1. The zero-order chi connectivity index (χ0) is 21.7. The SMILES string of the molecule is CSC(=NCc1ccccc1)Nc1ccc(-c2cn(C(=O)O)nc2C(C)(C)C)cc1. The predicted molar refractivity (Wildman–Crippen MR) is 125 cm³/mol. The molecule has 1 aromatic heterocycles. The molecule has 30 heavy (non-hydrogen) atoms. The largest absolute Gasteiger partial charge is 0.463 e. The summed E-state index contributed by atoms with van der Waals surface area (Å²) in [4.78, 5) is 16.0. The van der Waals surface area contributed by atoms with Crippen LogP contribution in [0.5, 0.6) is 0 Å². The van der Waals surface area contributed by atoms with Gasteiger partial charge in [0.05, 0.1) is 12.2 Å². The lowest BCUT2D eigenvalue weighted by Crippen LogP contribution is -2.15. The smallest absolute Gasteiger partial charge is 0.432 e. The molecule has 3 aromatic rings. The number of hydrogen-bond donors (Lipinski definition) is 2. The van der Waals surface area contributed by atoms with E-state index in [1.807, 2.05) is 69.5 Å². The number of hydrogen-bond acceptors (Lipinski definition) is 4. The lowest BCUT2D eigenvalue weighted by molar-refractivity contribution is 0.192. The summed E-state index contributed by atoms with van der Waals surface area (Å²) in [5.74, 6) is 0. The van der Waals surface area contributed by atoms with E-state index in [0.29, 0.717) is 6.54 Å². The maximum atomic E-state index is 11.4. The molecular formula is C23H26N4O2S. The van der Waals surface area contributed by atoms with Crippen LogP contribution in [0.2, 0.25) is 0 Å². The Labute approximate surface area is 181 Å². The molecule has 0 aliphatic heterocycles. The summed E-state index contributed by atoms with van der Waals surface area (Å²) in [6.07, 6.45) is 2.46. The molecule has 0 unspecified atom stereocenters. The number of carbonyl (C=O) groups is 1. The van der Waals surface area contributed by atoms with E-state index in [1.165, 1.54) is 0 Å². The normalized spacial score (nSPS) is 12.1. The summed E-state index contributed by atoms with van der Waals surface area (Å²) in [6.45, 7) is 6.68. The van der Waals surface area contributed by atoms with Crippen LogP contribution in [0, 0.1) is 0 Å². The molecule has 0 bridgehead atoms. The van der Waals surface area contributed by atoms with Crippen molar-refractivity contribution in [3.8, 4) is 11.1 Å². The maximum absolute atomic E-state index is 11.4. The summed E-state index contributed by atoms with van der Waals surface area (Å²) >= 11 is 1.56. The van der Waals surface area contributed by atoms with Crippen LogP contribution in [0.1, 0.15) is 32.0 Å². The van der Waals surface area contributed by atoms with E-state index >= 15 is 0 Å². The first-order valence-electron chi connectivity index (χ1n) is 9.61. The Hall–Kier alpha value is -3.06. The summed E-state index contributed by atoms with van der Waals surface area (Å²) in [7, 11) is 0. The Morgan fingerprint density at radius 3 is 2.37 bits per heavy atom. The molecule has 0 aliphatic rings. The van der Waals surface area contributed by atoms with Gasteiger partial charge in [0.15, 0.2) is 5.17 Å². The van der Waals surface area contributed by atoms with E-state index in [1.54, 1.807) is 18.0 Å². The third-order valence-electron chi connectivity index (χ3n) is 4.51. The van der Waals surface area contributed by atoms with Crippen LogP contribution in [-0.4, -0.2) is 32.4 Å². The van der Waals surface area contributed by atoms with Crippen molar-refractivity contribution in [1.29, 1.82) is 0 Å². The molecule has 7 heteroatoms. The van der Waals surface area contributed by atoms with Gasteiger partial charge in [-0.15, -0.1) is 0 Å². The van der Waals surface area contributed by atoms with Crippen LogP contribution >= 0.6 is 11.8 Å². The molecule has 3 rings (SSSR count). The second-order valence-electron chi connectivity index (χ2n) is 7.88. The van der Waals surface area contributed by atoms with Gasteiger partial charge in [0.25, 0.3) is 0 Å². The van der Waals surface area contributed by atoms with Crippen LogP contribution in [0.3, 0.4) is 0 Å². The van der Waals surface area contributed by atoms with Gasteiger partial charge in [-0.25, -0.2) is 4.79 Å². The Morgan fingerprint density at radius 2 is 1.80 bits per heavy atom. The van der Waals surface area contributed by atoms with E-state index in [4.69, 9.17) is 0 Å². The average Bonchev–Trinajstić information content (AvgIpc) is 3.19. The van der Waals surface area contributed by atoms with Crippen molar-refractivity contribution in [2.75, 3.05) is 11.6 Å². The molecule has 0 fully saturated rings. The molecule has 2 N–H and O–H groups in total. The predicted octanol–water partition coefficient (Wildman–Crippen LogP) is 5.70. The van der Waals surface area contributed by atoms with Crippen LogP contribution in [0.4, 0.5) is 10.5 Å². The second kappa shape index (κ2) is 9.17. The summed E-state index contributed by atoms with van der Waals surface area (Å²) in [6, 6.07) is 18.0. The summed E-state index contributed by atoms with van der Waals surface area (Å²) in [5.41, 5.74) is 4.29. The standard InChI is InChI=1S/C23H26N4O2S/c1-23(2,3)20-19(15-27(26-20)22(28)29)17-10-12-18(13-11-17)25-21(30-4)24-14-16-8-6-5-7-9-16/h5-13,15H,14H2,1-4H3,(H,24,25)(H,28,29). The molecule has 0 saturated carbocycles. The van der Waals surface area contributed by atoms with Gasteiger partial charge in [-0.05, 0) is 29.5 Å². The Kier molecular flexibility index (Phi) is 6.62. The highest BCUT2D eigenvalue weighted by atomic mass is 32.2. The summed E-state index contributed by atoms with van der Waals surface area (Å²) in [5, 5.41) is 17.8. The first-order valence-corrected chi connectivity index (χ1v) is 10.8. The molecule has 1 heterocycles. The van der Waals surface area contributed by atoms with E-state index in [9.17, 15) is 9.90 Å². The van der Waals surface area contributed by atoms with Crippen LogP contribution in [0.25, 0.3) is 11.1 Å². The van der Waals surface area contributed by atoms with E-state index in [2.05, 4.69) is 27.5 Å². The third-order valence-corrected chi connectivity index (χ3v) is 5.13. The molecule has 0 atom stereocenters. The lowest BCUT2D eigenvalue weighted by Gasteiger charge is -2.17. The number of nitrogens with zero attached hydrogens (tertiary/aromatic N) is 3. The van der Waals surface area contributed by atoms with Gasteiger partial charge in [0.2, 0.25) is 0 Å². The monoisotopic (exact) mass is 422 g/mol. The first kappa shape index (κ1) is 21.6. The number of rotatable bonds is 4. The number of aromatic nitrogens is 2. The lowest BCUT2D eigenvalue weighted by atomic mass is 9.87. The van der Waals surface area contributed by atoms with E-state index in [-0.39, 0.29) is 5.41 Å². The molecule has 0 amide bonds. The molecule has 6 nitrogen and oxygen atoms in total. The minimum atomic E-state index is -1.09. The minimum Gasteiger partial charge on any atom is -0.463 e. The maximum Gasteiger partial charge on any atom is 0.432 e. The number of nitrogens with one attached hydrogen (secondary N) is 1. The van der Waals surface area contributed by atoms with E-state index < -0.39 is 6.09 Å². The quantitative estimate of drug-likeness (QED) is 0.416. The van der Waals surface area contributed by atoms with E-state index in [0.717, 1.165) is 37.9 Å². The topological polar surface area (TPSA) is 79.5 Å². The van der Waals surface area contributed by atoms with Crippen LogP contribution in [-0.2, 0) is 12.0 Å². The molecule has 0 spiro atoms.